The van der Waals surface area contributed by atoms with Crippen LogP contribution in [0.5, 0.6) is 0 Å². The number of hydrogen-bond donors (Lipinski definition) is 0. The summed E-state index contributed by atoms with van der Waals surface area (Å²) < 4.78 is 6.88. The van der Waals surface area contributed by atoms with Gasteiger partial charge in [0.15, 0.2) is 0 Å². The lowest BCUT2D eigenvalue weighted by atomic mass is 9.55. The average Bonchev–Trinajstić information content (AvgIpc) is 2.67. The molecule has 0 unspecified atom stereocenters. The van der Waals surface area contributed by atoms with Gasteiger partial charge in [-0.2, -0.15) is 5.10 Å². The molecule has 0 bridgehead atoms. The van der Waals surface area contributed by atoms with Gasteiger partial charge in [0.05, 0.1) is 11.3 Å². The first-order valence-corrected chi connectivity index (χ1v) is 9.14. The highest BCUT2D eigenvalue weighted by Gasteiger charge is 2.59. The maximum atomic E-state index is 12.8. The van der Waals surface area contributed by atoms with Crippen molar-refractivity contribution in [2.24, 2.45) is 5.41 Å². The Hall–Kier alpha value is -2.47. The maximum Gasteiger partial charge on any atom is 0.267 e. The molecule has 0 spiro atoms. The second-order valence-electron chi connectivity index (χ2n) is 7.96. The van der Waals surface area contributed by atoms with E-state index in [4.69, 9.17) is 4.74 Å². The van der Waals surface area contributed by atoms with Crippen LogP contribution in [0, 0.1) is 5.41 Å². The molecule has 6 heteroatoms. The van der Waals surface area contributed by atoms with Crippen LogP contribution in [-0.4, -0.2) is 46.4 Å². The number of hydrogen-bond acceptors (Lipinski definition) is 4. The summed E-state index contributed by atoms with van der Waals surface area (Å²) in [4.78, 5) is 26.7. The van der Waals surface area contributed by atoms with Gasteiger partial charge in [-0.15, -0.1) is 0 Å². The predicted molar refractivity (Wildman–Crippen MR) is 104 cm³/mol. The molecule has 0 N–H and O–H groups in total. The Kier molecular flexibility index (Phi) is 4.95. The lowest BCUT2D eigenvalue weighted by Gasteiger charge is -2.61. The summed E-state index contributed by atoms with van der Waals surface area (Å²) in [5.74, 6) is -0.133. The van der Waals surface area contributed by atoms with Crippen LogP contribution < -0.4 is 5.56 Å². The van der Waals surface area contributed by atoms with Crippen molar-refractivity contribution in [3.05, 3.63) is 52.8 Å². The number of likely N-dealkylation sites (N-methyl/N-ethyl adjacent to an activating group) is 1. The summed E-state index contributed by atoms with van der Waals surface area (Å²) in [5, 5.41) is 4.38. The van der Waals surface area contributed by atoms with Crippen molar-refractivity contribution in [2.45, 2.75) is 45.4 Å². The van der Waals surface area contributed by atoms with Crippen molar-refractivity contribution in [1.82, 2.24) is 14.7 Å². The first-order chi connectivity index (χ1) is 12.7. The smallest absolute Gasteiger partial charge is 0.267 e. The van der Waals surface area contributed by atoms with Gasteiger partial charge >= 0.3 is 0 Å². The number of rotatable bonds is 5. The van der Waals surface area contributed by atoms with Crippen LogP contribution in [0.4, 0.5) is 0 Å². The number of ether oxygens (including phenoxy) is 1. The fraction of sp³-hybridized carbons (Fsp3) is 0.476. The van der Waals surface area contributed by atoms with Gasteiger partial charge in [0.2, 0.25) is 5.91 Å². The van der Waals surface area contributed by atoms with Crippen LogP contribution in [0.15, 0.2) is 47.3 Å². The second kappa shape index (κ2) is 6.93. The zero-order chi connectivity index (χ0) is 19.8. The van der Waals surface area contributed by atoms with E-state index in [1.54, 1.807) is 25.1 Å². The van der Waals surface area contributed by atoms with E-state index in [2.05, 4.69) is 25.9 Å². The molecule has 27 heavy (non-hydrogen) atoms. The molecule has 1 saturated carbocycles. The van der Waals surface area contributed by atoms with E-state index in [9.17, 15) is 9.59 Å². The minimum atomic E-state index is -0.286. The largest absolute Gasteiger partial charge is 0.378 e. The molecule has 3 rings (SSSR count). The SMILES string of the molecule is CO[C@@]1(C)C[C@H](N(C)C(=O)Cn2nc(-c3ccccc3)ccc2=O)C1(C)C. The van der Waals surface area contributed by atoms with Crippen molar-refractivity contribution >= 4 is 5.91 Å². The maximum absolute atomic E-state index is 12.8. The summed E-state index contributed by atoms with van der Waals surface area (Å²) in [7, 11) is 3.49. The van der Waals surface area contributed by atoms with Crippen molar-refractivity contribution in [1.29, 1.82) is 0 Å². The number of benzene rings is 1. The van der Waals surface area contributed by atoms with Crippen LogP contribution >= 0.6 is 0 Å². The molecule has 2 atom stereocenters. The third-order valence-corrected chi connectivity index (χ3v) is 6.31. The van der Waals surface area contributed by atoms with E-state index in [0.29, 0.717) is 5.69 Å². The van der Waals surface area contributed by atoms with E-state index in [0.717, 1.165) is 12.0 Å². The number of aromatic nitrogens is 2. The summed E-state index contributed by atoms with van der Waals surface area (Å²) in [6.45, 7) is 6.20. The van der Waals surface area contributed by atoms with Gasteiger partial charge in [0.1, 0.15) is 6.54 Å². The van der Waals surface area contributed by atoms with Gasteiger partial charge in [-0.1, -0.05) is 44.2 Å². The zero-order valence-electron chi connectivity index (χ0n) is 16.6. The molecular weight excluding hydrogens is 342 g/mol. The number of nitrogens with zero attached hydrogens (tertiary/aromatic N) is 3. The molecule has 1 heterocycles. The van der Waals surface area contributed by atoms with E-state index in [1.165, 1.54) is 10.7 Å². The number of carbonyl (C=O) groups is 1. The fourth-order valence-electron chi connectivity index (χ4n) is 3.81. The molecule has 2 aromatic rings. The molecule has 0 radical (unpaired) electrons. The lowest BCUT2D eigenvalue weighted by molar-refractivity contribution is -0.207. The van der Waals surface area contributed by atoms with Gasteiger partial charge in [-0.25, -0.2) is 4.68 Å². The van der Waals surface area contributed by atoms with Gasteiger partial charge in [0, 0.05) is 37.2 Å². The van der Waals surface area contributed by atoms with E-state index < -0.39 is 0 Å². The van der Waals surface area contributed by atoms with E-state index in [1.807, 2.05) is 30.3 Å². The molecule has 1 fully saturated rings. The Morgan fingerprint density at radius 3 is 2.48 bits per heavy atom. The molecule has 6 nitrogen and oxygen atoms in total. The van der Waals surface area contributed by atoms with Crippen LogP contribution in [0.1, 0.15) is 27.2 Å². The normalized spacial score (nSPS) is 23.5. The molecular formula is C21H27N3O3. The van der Waals surface area contributed by atoms with E-state index in [-0.39, 0.29) is 35.1 Å². The Bertz CT molecular complexity index is 891. The molecule has 1 aliphatic carbocycles. The Morgan fingerprint density at radius 2 is 1.89 bits per heavy atom. The molecule has 1 aliphatic rings. The van der Waals surface area contributed by atoms with Crippen LogP contribution in [0.3, 0.4) is 0 Å². The van der Waals surface area contributed by atoms with Crippen molar-refractivity contribution in [3.8, 4) is 11.3 Å². The quantitative estimate of drug-likeness (QED) is 0.813. The average molecular weight is 369 g/mol. The summed E-state index contributed by atoms with van der Waals surface area (Å²) in [6, 6.07) is 12.8. The van der Waals surface area contributed by atoms with Crippen LogP contribution in [-0.2, 0) is 16.1 Å². The second-order valence-corrected chi connectivity index (χ2v) is 7.96. The van der Waals surface area contributed by atoms with E-state index >= 15 is 0 Å². The van der Waals surface area contributed by atoms with Crippen LogP contribution in [0.25, 0.3) is 11.3 Å². The fourth-order valence-corrected chi connectivity index (χ4v) is 3.81. The van der Waals surface area contributed by atoms with Gasteiger partial charge in [-0.05, 0) is 19.4 Å². The Morgan fingerprint density at radius 1 is 1.22 bits per heavy atom. The molecule has 144 valence electrons. The lowest BCUT2D eigenvalue weighted by Crippen LogP contribution is -2.69. The minimum absolute atomic E-state index is 0.0583. The number of amides is 1. The highest BCUT2D eigenvalue weighted by atomic mass is 16.5. The zero-order valence-corrected chi connectivity index (χ0v) is 16.6. The summed E-state index contributed by atoms with van der Waals surface area (Å²) in [5.41, 5.74) is 0.862. The predicted octanol–water partition coefficient (Wildman–Crippen LogP) is 2.57. The summed E-state index contributed by atoms with van der Waals surface area (Å²) >= 11 is 0. The molecule has 0 saturated heterocycles. The van der Waals surface area contributed by atoms with Gasteiger partial charge in [-0.3, -0.25) is 9.59 Å². The monoisotopic (exact) mass is 369 g/mol. The first kappa shape index (κ1) is 19.3. The molecule has 1 aromatic heterocycles. The molecule has 0 aliphatic heterocycles. The topological polar surface area (TPSA) is 64.4 Å². The standard InChI is InChI=1S/C21H27N3O3/c1-20(2)17(13-21(20,3)27-5)23(4)19(26)14-24-18(25)12-11-16(22-24)15-9-7-6-8-10-15/h6-12,17H,13-14H2,1-5H3/t17-,21-/m0/s1. The summed E-state index contributed by atoms with van der Waals surface area (Å²) in [6.07, 6.45) is 0.769. The Balaban J connectivity index is 1.78. The van der Waals surface area contributed by atoms with Crippen molar-refractivity contribution in [3.63, 3.8) is 0 Å². The third kappa shape index (κ3) is 3.30. The minimum Gasteiger partial charge on any atom is -0.378 e. The van der Waals surface area contributed by atoms with Crippen molar-refractivity contribution < 1.29 is 9.53 Å². The van der Waals surface area contributed by atoms with Crippen LogP contribution in [0.2, 0.25) is 0 Å². The first-order valence-electron chi connectivity index (χ1n) is 9.14. The Labute approximate surface area is 159 Å². The van der Waals surface area contributed by atoms with Gasteiger partial charge in [0.25, 0.3) is 5.56 Å². The number of methoxy groups -OCH3 is 1. The molecule has 1 aromatic carbocycles. The highest BCUT2D eigenvalue weighted by Crippen LogP contribution is 2.53. The molecule has 1 amide bonds. The van der Waals surface area contributed by atoms with Crippen molar-refractivity contribution in [2.75, 3.05) is 14.2 Å². The highest BCUT2D eigenvalue weighted by molar-refractivity contribution is 5.76. The number of carbonyl (C=O) groups excluding carboxylic acids is 1. The van der Waals surface area contributed by atoms with Gasteiger partial charge < -0.3 is 9.64 Å². The third-order valence-electron chi connectivity index (χ3n) is 6.31.